The minimum atomic E-state index is -3.33. The van der Waals surface area contributed by atoms with E-state index in [0.717, 1.165) is 23.1 Å². The Labute approximate surface area is 204 Å². The highest BCUT2D eigenvalue weighted by Gasteiger charge is 2.19. The zero-order chi connectivity index (χ0) is 25.0. The van der Waals surface area contributed by atoms with Gasteiger partial charge in [-0.1, -0.05) is 6.07 Å². The quantitative estimate of drug-likeness (QED) is 0.533. The first-order chi connectivity index (χ1) is 16.6. The van der Waals surface area contributed by atoms with Gasteiger partial charge in [0.1, 0.15) is 11.6 Å². The lowest BCUT2D eigenvalue weighted by Gasteiger charge is -2.27. The number of amides is 2. The molecule has 1 aliphatic heterocycles. The standard InChI is InChI=1S/C24H28N6O4S/c1-16-12-17(2)14-20(13-16)26-24(31)25-19-6-4-18(5-7-19)22-27-21(15-35(3,32)33)28-23(29-22)30-8-10-34-11-9-30/h4-7,12-14H,8-11,15H2,1-3H3,(H2,25,26,31). The molecule has 4 rings (SSSR count). The fourth-order valence-electron chi connectivity index (χ4n) is 3.78. The van der Waals surface area contributed by atoms with Crippen molar-refractivity contribution in [2.75, 3.05) is 48.1 Å². The Kier molecular flexibility index (Phi) is 7.27. The Morgan fingerprint density at radius 2 is 1.57 bits per heavy atom. The average Bonchev–Trinajstić information content (AvgIpc) is 2.78. The lowest BCUT2D eigenvalue weighted by molar-refractivity contribution is 0.122. The number of urea groups is 1. The van der Waals surface area contributed by atoms with Crippen LogP contribution in [0.5, 0.6) is 0 Å². The SMILES string of the molecule is Cc1cc(C)cc(NC(=O)Nc2ccc(-c3nc(CS(C)(=O)=O)nc(N4CCOCC4)n3)cc2)c1. The highest BCUT2D eigenvalue weighted by molar-refractivity contribution is 7.89. The number of nitrogens with zero attached hydrogens (tertiary/aromatic N) is 4. The number of carbonyl (C=O) groups is 1. The van der Waals surface area contributed by atoms with E-state index in [9.17, 15) is 13.2 Å². The summed E-state index contributed by atoms with van der Waals surface area (Å²) >= 11 is 0. The number of morpholine rings is 1. The molecular formula is C24H28N6O4S. The van der Waals surface area contributed by atoms with Crippen LogP contribution in [0, 0.1) is 13.8 Å². The lowest BCUT2D eigenvalue weighted by atomic mass is 10.1. The Hall–Kier alpha value is -3.57. The highest BCUT2D eigenvalue weighted by atomic mass is 32.2. The van der Waals surface area contributed by atoms with Crippen LogP contribution in [-0.4, -0.2) is 62.0 Å². The van der Waals surface area contributed by atoms with Crippen molar-refractivity contribution in [3.8, 4) is 11.4 Å². The molecular weight excluding hydrogens is 468 g/mol. The summed E-state index contributed by atoms with van der Waals surface area (Å²) in [5.41, 5.74) is 4.12. The summed E-state index contributed by atoms with van der Waals surface area (Å²) in [6.45, 7) is 6.27. The van der Waals surface area contributed by atoms with Crippen molar-refractivity contribution < 1.29 is 17.9 Å². The van der Waals surface area contributed by atoms with Crippen LogP contribution in [0.25, 0.3) is 11.4 Å². The van der Waals surface area contributed by atoms with Gasteiger partial charge in [-0.2, -0.15) is 9.97 Å². The van der Waals surface area contributed by atoms with Crippen molar-refractivity contribution in [1.29, 1.82) is 0 Å². The number of sulfone groups is 1. The van der Waals surface area contributed by atoms with Gasteiger partial charge in [-0.25, -0.2) is 18.2 Å². The number of aryl methyl sites for hydroxylation is 2. The van der Waals surface area contributed by atoms with Crippen LogP contribution >= 0.6 is 0 Å². The van der Waals surface area contributed by atoms with Gasteiger partial charge in [0.25, 0.3) is 0 Å². The molecule has 3 aromatic rings. The van der Waals surface area contributed by atoms with Crippen LogP contribution in [0.15, 0.2) is 42.5 Å². The number of anilines is 3. The molecule has 1 aliphatic rings. The third-order valence-electron chi connectivity index (χ3n) is 5.24. The van der Waals surface area contributed by atoms with Crippen LogP contribution in [0.2, 0.25) is 0 Å². The average molecular weight is 497 g/mol. The van der Waals surface area contributed by atoms with Crippen LogP contribution in [-0.2, 0) is 20.3 Å². The smallest absolute Gasteiger partial charge is 0.323 e. The Bertz CT molecular complexity index is 1300. The number of benzene rings is 2. The van der Waals surface area contributed by atoms with Crippen molar-refractivity contribution >= 4 is 33.2 Å². The second-order valence-electron chi connectivity index (χ2n) is 8.58. The monoisotopic (exact) mass is 496 g/mol. The van der Waals surface area contributed by atoms with Crippen LogP contribution < -0.4 is 15.5 Å². The highest BCUT2D eigenvalue weighted by Crippen LogP contribution is 2.22. The van der Waals surface area contributed by atoms with Crippen molar-refractivity contribution in [3.63, 3.8) is 0 Å². The van der Waals surface area contributed by atoms with Gasteiger partial charge >= 0.3 is 6.03 Å². The first-order valence-corrected chi connectivity index (χ1v) is 13.2. The lowest BCUT2D eigenvalue weighted by Crippen LogP contribution is -2.37. The minimum Gasteiger partial charge on any atom is -0.378 e. The second kappa shape index (κ2) is 10.4. The molecule has 0 bridgehead atoms. The predicted molar refractivity (Wildman–Crippen MR) is 135 cm³/mol. The summed E-state index contributed by atoms with van der Waals surface area (Å²) in [5, 5.41) is 5.64. The molecule has 2 amide bonds. The Balaban J connectivity index is 1.53. The fraction of sp³-hybridized carbons (Fsp3) is 0.333. The number of ether oxygens (including phenoxy) is 1. The normalized spacial score (nSPS) is 14.0. The maximum absolute atomic E-state index is 12.4. The molecule has 11 heteroatoms. The molecule has 0 unspecified atom stereocenters. The molecule has 184 valence electrons. The number of hydrogen-bond donors (Lipinski definition) is 2. The number of rotatable bonds is 6. The van der Waals surface area contributed by atoms with E-state index in [2.05, 4.69) is 25.6 Å². The minimum absolute atomic E-state index is 0.189. The van der Waals surface area contributed by atoms with E-state index in [4.69, 9.17) is 4.74 Å². The molecule has 0 saturated carbocycles. The molecule has 0 spiro atoms. The van der Waals surface area contributed by atoms with Gasteiger partial charge in [-0.15, -0.1) is 0 Å². The predicted octanol–water partition coefficient (Wildman–Crippen LogP) is 3.18. The van der Waals surface area contributed by atoms with Gasteiger partial charge in [-0.3, -0.25) is 0 Å². The maximum Gasteiger partial charge on any atom is 0.323 e. The van der Waals surface area contributed by atoms with Gasteiger partial charge in [0.15, 0.2) is 15.7 Å². The van der Waals surface area contributed by atoms with Crippen LogP contribution in [0.3, 0.4) is 0 Å². The molecule has 1 saturated heterocycles. The van der Waals surface area contributed by atoms with Crippen molar-refractivity contribution in [2.45, 2.75) is 19.6 Å². The van der Waals surface area contributed by atoms with Crippen LogP contribution in [0.1, 0.15) is 17.0 Å². The zero-order valence-electron chi connectivity index (χ0n) is 19.9. The van der Waals surface area contributed by atoms with E-state index in [1.807, 2.05) is 36.9 Å². The first kappa shape index (κ1) is 24.6. The number of nitrogens with one attached hydrogen (secondary N) is 2. The third-order valence-corrected chi connectivity index (χ3v) is 6.02. The molecule has 10 nitrogen and oxygen atoms in total. The van der Waals surface area contributed by atoms with Gasteiger partial charge < -0.3 is 20.3 Å². The van der Waals surface area contributed by atoms with Crippen molar-refractivity contribution in [3.05, 3.63) is 59.4 Å². The topological polar surface area (TPSA) is 126 Å². The summed E-state index contributed by atoms with van der Waals surface area (Å²) < 4.78 is 29.1. The molecule has 35 heavy (non-hydrogen) atoms. The number of carbonyl (C=O) groups excluding carboxylic acids is 1. The molecule has 0 radical (unpaired) electrons. The van der Waals surface area contributed by atoms with E-state index < -0.39 is 9.84 Å². The molecule has 1 aromatic heterocycles. The summed E-state index contributed by atoms with van der Waals surface area (Å²) in [4.78, 5) is 27.7. The Morgan fingerprint density at radius 1 is 0.943 bits per heavy atom. The molecule has 0 atom stereocenters. The van der Waals surface area contributed by atoms with Crippen molar-refractivity contribution in [2.24, 2.45) is 0 Å². The zero-order valence-corrected chi connectivity index (χ0v) is 20.7. The van der Waals surface area contributed by atoms with E-state index in [1.54, 1.807) is 24.3 Å². The third kappa shape index (κ3) is 6.96. The molecule has 2 heterocycles. The van der Waals surface area contributed by atoms with Gasteiger partial charge in [-0.05, 0) is 61.4 Å². The van der Waals surface area contributed by atoms with Gasteiger partial charge in [0.05, 0.1) is 13.2 Å². The number of hydrogen-bond acceptors (Lipinski definition) is 8. The summed E-state index contributed by atoms with van der Waals surface area (Å²) in [6, 6.07) is 12.5. The van der Waals surface area contributed by atoms with Crippen LogP contribution in [0.4, 0.5) is 22.1 Å². The number of aromatic nitrogens is 3. The Morgan fingerprint density at radius 3 is 2.20 bits per heavy atom. The summed E-state index contributed by atoms with van der Waals surface area (Å²) in [5.74, 6) is 0.699. The molecule has 2 N–H and O–H groups in total. The first-order valence-electron chi connectivity index (χ1n) is 11.2. The molecule has 2 aromatic carbocycles. The second-order valence-corrected chi connectivity index (χ2v) is 10.7. The van der Waals surface area contributed by atoms with Gasteiger partial charge in [0.2, 0.25) is 5.95 Å². The molecule has 0 aliphatic carbocycles. The summed E-state index contributed by atoms with van der Waals surface area (Å²) in [6.07, 6.45) is 1.15. The largest absolute Gasteiger partial charge is 0.378 e. The molecule has 1 fully saturated rings. The fourth-order valence-corrected chi connectivity index (χ4v) is 4.38. The maximum atomic E-state index is 12.4. The summed E-state index contributed by atoms with van der Waals surface area (Å²) in [7, 11) is -3.33. The van der Waals surface area contributed by atoms with E-state index in [1.165, 1.54) is 0 Å². The van der Waals surface area contributed by atoms with E-state index in [0.29, 0.717) is 49.3 Å². The van der Waals surface area contributed by atoms with E-state index in [-0.39, 0.29) is 17.6 Å². The van der Waals surface area contributed by atoms with Gasteiger partial charge in [0, 0.05) is 36.3 Å². The van der Waals surface area contributed by atoms with E-state index >= 15 is 0 Å². The van der Waals surface area contributed by atoms with Crippen molar-refractivity contribution in [1.82, 2.24) is 15.0 Å².